The van der Waals surface area contributed by atoms with Crippen LogP contribution in [0.1, 0.15) is 47.4 Å². The predicted molar refractivity (Wildman–Crippen MR) is 87.8 cm³/mol. The van der Waals surface area contributed by atoms with Crippen LogP contribution in [-0.2, 0) is 6.42 Å². The first-order chi connectivity index (χ1) is 10.8. The van der Waals surface area contributed by atoms with Gasteiger partial charge in [0.15, 0.2) is 0 Å². The van der Waals surface area contributed by atoms with Crippen molar-refractivity contribution in [2.75, 3.05) is 5.32 Å². The molecule has 0 radical (unpaired) electrons. The second-order valence-electron chi connectivity index (χ2n) is 6.13. The van der Waals surface area contributed by atoms with Gasteiger partial charge in [-0.25, -0.2) is 0 Å². The summed E-state index contributed by atoms with van der Waals surface area (Å²) in [6.45, 7) is 2.16. The van der Waals surface area contributed by atoms with Gasteiger partial charge in [0, 0.05) is 11.7 Å². The highest BCUT2D eigenvalue weighted by molar-refractivity contribution is 6.02. The minimum atomic E-state index is -0.0548. The summed E-state index contributed by atoms with van der Waals surface area (Å²) in [5, 5.41) is 3.56. The van der Waals surface area contributed by atoms with Crippen molar-refractivity contribution in [3.63, 3.8) is 0 Å². The van der Waals surface area contributed by atoms with E-state index in [1.165, 1.54) is 5.56 Å². The van der Waals surface area contributed by atoms with Crippen LogP contribution in [0.2, 0.25) is 0 Å². The molecule has 0 spiro atoms. The van der Waals surface area contributed by atoms with Gasteiger partial charge in [0.05, 0.1) is 5.56 Å². The molecule has 3 heteroatoms. The zero-order valence-corrected chi connectivity index (χ0v) is 12.8. The number of nitrogens with one attached hydrogen (secondary N) is 1. The largest absolute Gasteiger partial charge is 0.361 e. The van der Waals surface area contributed by atoms with E-state index in [0.29, 0.717) is 6.04 Å². The molecule has 1 heterocycles. The molecule has 1 atom stereocenters. The normalized spacial score (nSPS) is 20.5. The molecular formula is C19H20N2O. The van der Waals surface area contributed by atoms with Crippen LogP contribution in [0.5, 0.6) is 0 Å². The van der Waals surface area contributed by atoms with E-state index in [9.17, 15) is 4.79 Å². The van der Waals surface area contributed by atoms with Gasteiger partial charge in [0.25, 0.3) is 5.91 Å². The number of benzene rings is 2. The Labute approximate surface area is 131 Å². The Kier molecular flexibility index (Phi) is 3.14. The number of rotatable bonds is 3. The molecule has 0 bridgehead atoms. The third-order valence-corrected chi connectivity index (χ3v) is 4.61. The molecule has 1 aliphatic carbocycles. The van der Waals surface area contributed by atoms with E-state index in [4.69, 9.17) is 0 Å². The number of aryl methyl sites for hydroxylation is 1. The van der Waals surface area contributed by atoms with Crippen LogP contribution in [0.4, 0.5) is 5.69 Å². The lowest BCUT2D eigenvalue weighted by Crippen LogP contribution is -2.44. The maximum Gasteiger partial charge on any atom is 0.258 e. The Morgan fingerprint density at radius 3 is 2.50 bits per heavy atom. The van der Waals surface area contributed by atoms with Crippen molar-refractivity contribution in [1.82, 2.24) is 4.90 Å². The van der Waals surface area contributed by atoms with Gasteiger partial charge >= 0.3 is 0 Å². The molecule has 1 saturated carbocycles. The number of nitrogens with zero attached hydrogens (tertiary/aromatic N) is 1. The summed E-state index contributed by atoms with van der Waals surface area (Å²) in [7, 11) is 0. The maximum atomic E-state index is 12.9. The van der Waals surface area contributed by atoms with Crippen molar-refractivity contribution in [2.45, 2.75) is 38.4 Å². The molecule has 4 rings (SSSR count). The Bertz CT molecular complexity index is 704. The number of fused-ring (bicyclic) bond motifs is 1. The highest BCUT2D eigenvalue weighted by Gasteiger charge is 2.41. The van der Waals surface area contributed by atoms with Gasteiger partial charge in [0.1, 0.15) is 6.17 Å². The summed E-state index contributed by atoms with van der Waals surface area (Å²) in [5.74, 6) is 0.154. The Hall–Kier alpha value is -2.29. The van der Waals surface area contributed by atoms with Crippen molar-refractivity contribution in [3.8, 4) is 0 Å². The summed E-state index contributed by atoms with van der Waals surface area (Å²) in [4.78, 5) is 14.9. The lowest BCUT2D eigenvalue weighted by atomic mass is 10.0. The smallest absolute Gasteiger partial charge is 0.258 e. The van der Waals surface area contributed by atoms with Gasteiger partial charge in [-0.2, -0.15) is 0 Å². The van der Waals surface area contributed by atoms with E-state index in [1.807, 2.05) is 29.2 Å². The van der Waals surface area contributed by atoms with Crippen molar-refractivity contribution in [2.24, 2.45) is 0 Å². The Balaban J connectivity index is 1.75. The van der Waals surface area contributed by atoms with Crippen LogP contribution in [0.15, 0.2) is 48.5 Å². The van der Waals surface area contributed by atoms with E-state index in [1.54, 1.807) is 0 Å². The van der Waals surface area contributed by atoms with Crippen LogP contribution in [-0.4, -0.2) is 16.8 Å². The Morgan fingerprint density at radius 2 is 1.82 bits per heavy atom. The molecule has 1 fully saturated rings. The molecule has 0 aromatic heterocycles. The Morgan fingerprint density at radius 1 is 1.09 bits per heavy atom. The summed E-state index contributed by atoms with van der Waals surface area (Å²) in [6, 6.07) is 16.8. The minimum Gasteiger partial charge on any atom is -0.361 e. The fraction of sp³-hybridized carbons (Fsp3) is 0.316. The van der Waals surface area contributed by atoms with E-state index in [0.717, 1.165) is 36.1 Å². The van der Waals surface area contributed by atoms with E-state index < -0.39 is 0 Å². The van der Waals surface area contributed by atoms with Gasteiger partial charge in [-0.3, -0.25) is 4.79 Å². The van der Waals surface area contributed by atoms with Crippen LogP contribution in [0.3, 0.4) is 0 Å². The second-order valence-corrected chi connectivity index (χ2v) is 6.13. The zero-order chi connectivity index (χ0) is 15.1. The molecule has 2 aliphatic rings. The topological polar surface area (TPSA) is 32.3 Å². The molecule has 2 aromatic carbocycles. The van der Waals surface area contributed by atoms with Crippen molar-refractivity contribution in [1.29, 1.82) is 0 Å². The van der Waals surface area contributed by atoms with Crippen LogP contribution >= 0.6 is 0 Å². The summed E-state index contributed by atoms with van der Waals surface area (Å²) >= 11 is 0. The van der Waals surface area contributed by atoms with Crippen molar-refractivity contribution >= 4 is 11.6 Å². The average Bonchev–Trinajstić information content (AvgIpc) is 3.39. The number of hydrogen-bond acceptors (Lipinski definition) is 2. The molecule has 0 saturated heterocycles. The van der Waals surface area contributed by atoms with E-state index in [-0.39, 0.29) is 12.1 Å². The van der Waals surface area contributed by atoms with Gasteiger partial charge in [-0.1, -0.05) is 43.3 Å². The summed E-state index contributed by atoms with van der Waals surface area (Å²) < 4.78 is 0. The SMILES string of the molecule is CCc1ccc(C2Nc3ccccc3C(=O)N2C2CC2)cc1. The van der Waals surface area contributed by atoms with Gasteiger partial charge < -0.3 is 10.2 Å². The first-order valence-corrected chi connectivity index (χ1v) is 8.05. The van der Waals surface area contributed by atoms with Gasteiger partial charge in [-0.05, 0) is 42.5 Å². The highest BCUT2D eigenvalue weighted by atomic mass is 16.2. The van der Waals surface area contributed by atoms with Crippen LogP contribution in [0.25, 0.3) is 0 Å². The molecule has 22 heavy (non-hydrogen) atoms. The van der Waals surface area contributed by atoms with Crippen molar-refractivity contribution < 1.29 is 4.79 Å². The molecule has 1 aliphatic heterocycles. The van der Waals surface area contributed by atoms with Gasteiger partial charge in [-0.15, -0.1) is 0 Å². The molecule has 2 aromatic rings. The predicted octanol–water partition coefficient (Wildman–Crippen LogP) is 3.98. The first kappa shape index (κ1) is 13.4. The fourth-order valence-corrected chi connectivity index (χ4v) is 3.18. The first-order valence-electron chi connectivity index (χ1n) is 8.05. The monoisotopic (exact) mass is 292 g/mol. The lowest BCUT2D eigenvalue weighted by molar-refractivity contribution is 0.0666. The maximum absolute atomic E-state index is 12.9. The fourth-order valence-electron chi connectivity index (χ4n) is 3.18. The second kappa shape index (κ2) is 5.16. The van der Waals surface area contributed by atoms with Crippen LogP contribution < -0.4 is 5.32 Å². The van der Waals surface area contributed by atoms with Gasteiger partial charge in [0.2, 0.25) is 0 Å². The number of carbonyl (C=O) groups is 1. The molecule has 1 unspecified atom stereocenters. The molecule has 1 N–H and O–H groups in total. The number of hydrogen-bond donors (Lipinski definition) is 1. The molecule has 112 valence electrons. The minimum absolute atomic E-state index is 0.0548. The molecule has 3 nitrogen and oxygen atoms in total. The quantitative estimate of drug-likeness (QED) is 0.928. The lowest BCUT2D eigenvalue weighted by Gasteiger charge is -2.38. The number of carbonyl (C=O) groups excluding carboxylic acids is 1. The van der Waals surface area contributed by atoms with Crippen LogP contribution in [0, 0.1) is 0 Å². The highest BCUT2D eigenvalue weighted by Crippen LogP contribution is 2.40. The number of anilines is 1. The summed E-state index contributed by atoms with van der Waals surface area (Å²) in [6.07, 6.45) is 3.20. The molecule has 1 amide bonds. The third-order valence-electron chi connectivity index (χ3n) is 4.61. The van der Waals surface area contributed by atoms with E-state index in [2.05, 4.69) is 36.5 Å². The summed E-state index contributed by atoms with van der Waals surface area (Å²) in [5.41, 5.74) is 4.21. The number of para-hydroxylation sites is 1. The average molecular weight is 292 g/mol. The zero-order valence-electron chi connectivity index (χ0n) is 12.8. The molecular weight excluding hydrogens is 272 g/mol. The standard InChI is InChI=1S/C19H20N2O/c1-2-13-7-9-14(10-8-13)18-20-17-6-4-3-5-16(17)19(22)21(18)15-11-12-15/h3-10,15,18,20H,2,11-12H2,1H3. The number of amides is 1. The van der Waals surface area contributed by atoms with Crippen molar-refractivity contribution in [3.05, 3.63) is 65.2 Å². The van der Waals surface area contributed by atoms with E-state index >= 15 is 0 Å². The third kappa shape index (κ3) is 2.17.